The van der Waals surface area contributed by atoms with E-state index in [1.54, 1.807) is 6.08 Å². The van der Waals surface area contributed by atoms with E-state index in [4.69, 9.17) is 0 Å². The predicted octanol–water partition coefficient (Wildman–Crippen LogP) is 1.81. The van der Waals surface area contributed by atoms with E-state index < -0.39 is 0 Å². The fourth-order valence-corrected chi connectivity index (χ4v) is 0.152. The summed E-state index contributed by atoms with van der Waals surface area (Å²) in [6, 6.07) is 0. The van der Waals surface area contributed by atoms with E-state index >= 15 is 0 Å². The Morgan fingerprint density at radius 2 is 2.14 bits per heavy atom. The zero-order valence-electron chi connectivity index (χ0n) is 4.28. The summed E-state index contributed by atoms with van der Waals surface area (Å²) in [4.78, 5) is 0. The molecule has 0 aromatic heterocycles. The summed E-state index contributed by atoms with van der Waals surface area (Å²) in [7, 11) is 0. The summed E-state index contributed by atoms with van der Waals surface area (Å²) < 4.78 is 0. The Kier molecular flexibility index (Phi) is 4.07. The summed E-state index contributed by atoms with van der Waals surface area (Å²) in [5, 5.41) is 0. The molecule has 0 nitrogen and oxygen atoms in total. The van der Waals surface area contributed by atoms with Crippen LogP contribution in [0.15, 0.2) is 35.6 Å². The first-order valence-electron chi connectivity index (χ1n) is 1.97. The molecule has 0 aliphatic heterocycles. The zero-order valence-corrected chi connectivity index (χ0v) is 4.28. The van der Waals surface area contributed by atoms with Crippen molar-refractivity contribution in [3.8, 4) is 0 Å². The normalized spacial score (nSPS) is 4.14. The first-order chi connectivity index (χ1) is 3.41. The molecule has 7 heavy (non-hydrogen) atoms. The van der Waals surface area contributed by atoms with Crippen molar-refractivity contribution in [1.82, 2.24) is 0 Å². The van der Waals surface area contributed by atoms with Crippen LogP contribution in [0.3, 0.4) is 0 Å². The van der Waals surface area contributed by atoms with E-state index in [-0.39, 0.29) is 0 Å². The fraction of sp³-hybridized carbons (Fsp3) is 0.143. The molecule has 0 saturated carbocycles. The van der Waals surface area contributed by atoms with E-state index in [0.717, 1.165) is 0 Å². The third kappa shape index (κ3) is 4.86. The molecule has 0 atom stereocenters. The highest BCUT2D eigenvalue weighted by Crippen LogP contribution is 1.54. The van der Waals surface area contributed by atoms with Crippen LogP contribution >= 0.6 is 0 Å². The summed E-state index contributed by atoms with van der Waals surface area (Å²) in [5.41, 5.74) is 10.1. The highest BCUT2D eigenvalue weighted by Gasteiger charge is 1.34. The molecule has 0 aliphatic carbocycles. The molecule has 0 fully saturated rings. The van der Waals surface area contributed by atoms with Gasteiger partial charge in [-0.25, -0.2) is 0 Å². The summed E-state index contributed by atoms with van der Waals surface area (Å²) in [5.74, 6) is 0. The lowest BCUT2D eigenvalue weighted by atomic mass is 10.6. The van der Waals surface area contributed by atoms with Gasteiger partial charge in [0.2, 0.25) is 0 Å². The average Bonchev–Trinajstić information content (AvgIpc) is 1.69. The van der Waals surface area contributed by atoms with Crippen molar-refractivity contribution in [3.63, 3.8) is 0 Å². The third-order valence-electron chi connectivity index (χ3n) is 0.367. The minimum atomic E-state index is 1.74. The number of hydrogen-bond donors (Lipinski definition) is 0. The molecule has 0 heteroatoms. The van der Waals surface area contributed by atoms with Gasteiger partial charge in [0.05, 0.1) is 0 Å². The van der Waals surface area contributed by atoms with Crippen molar-refractivity contribution >= 4 is 0 Å². The topological polar surface area (TPSA) is 0 Å². The molecule has 0 aliphatic rings. The van der Waals surface area contributed by atoms with Gasteiger partial charge in [-0.2, -0.15) is 0 Å². The third-order valence-corrected chi connectivity index (χ3v) is 0.367. The summed E-state index contributed by atoms with van der Waals surface area (Å²) in [6.07, 6.45) is 1.74. The second-order valence-corrected chi connectivity index (χ2v) is 0.860. The first kappa shape index (κ1) is 5.86. The maximum atomic E-state index is 3.28. The molecule has 0 N–H and O–H groups in total. The molecule has 0 heterocycles. The molecule has 0 amide bonds. The second-order valence-electron chi connectivity index (χ2n) is 0.860. The largest absolute Gasteiger partial charge is 0.0687 e. The van der Waals surface area contributed by atoms with E-state index in [0.29, 0.717) is 0 Å². The van der Waals surface area contributed by atoms with E-state index in [1.807, 2.05) is 6.92 Å². The lowest BCUT2D eigenvalue weighted by molar-refractivity contribution is 1.78. The summed E-state index contributed by atoms with van der Waals surface area (Å²) >= 11 is 0. The van der Waals surface area contributed by atoms with Gasteiger partial charge in [-0.05, 0) is 31.0 Å². The number of allylic oxidation sites excluding steroid dienone is 1. The highest BCUT2D eigenvalue weighted by molar-refractivity contribution is 4.83. The minimum Gasteiger partial charge on any atom is -0.0687 e. The predicted molar refractivity (Wildman–Crippen MR) is 29.9 cm³/mol. The van der Waals surface area contributed by atoms with Gasteiger partial charge in [0.1, 0.15) is 0 Å². The first-order valence-corrected chi connectivity index (χ1v) is 1.97. The van der Waals surface area contributed by atoms with E-state index in [2.05, 4.69) is 29.5 Å². The molecule has 0 aromatic rings. The lowest BCUT2D eigenvalue weighted by Crippen LogP contribution is -1.22. The maximum Gasteiger partial charge on any atom is -0.0105 e. The van der Waals surface area contributed by atoms with Crippen molar-refractivity contribution in [3.05, 3.63) is 35.6 Å². The highest BCUT2D eigenvalue weighted by atomic mass is 13.4. The van der Waals surface area contributed by atoms with Crippen LogP contribution in [0.5, 0.6) is 0 Å². The van der Waals surface area contributed by atoms with Gasteiger partial charge in [0.15, 0.2) is 0 Å². The zero-order chi connectivity index (χ0) is 5.54. The van der Waals surface area contributed by atoms with E-state index in [1.165, 1.54) is 0 Å². The smallest absolute Gasteiger partial charge is 0.0105 e. The van der Waals surface area contributed by atoms with Crippen molar-refractivity contribution in [2.24, 2.45) is 0 Å². The molecular weight excluding hydrogens is 84.1 g/mol. The Morgan fingerprint density at radius 1 is 1.43 bits per heavy atom. The van der Waals surface area contributed by atoms with Crippen LogP contribution in [0, 0.1) is 0 Å². The van der Waals surface area contributed by atoms with Crippen molar-refractivity contribution in [2.45, 2.75) is 6.92 Å². The SMILES string of the molecule is C=C=C=C=C=CC. The van der Waals surface area contributed by atoms with Crippen LogP contribution < -0.4 is 0 Å². The van der Waals surface area contributed by atoms with Crippen LogP contribution in [0.25, 0.3) is 0 Å². The van der Waals surface area contributed by atoms with Gasteiger partial charge in [-0.15, -0.1) is 0 Å². The standard InChI is InChI=1S/C7H6/c1-3-5-7-6-4-2/h4H,1H2,2H3. The van der Waals surface area contributed by atoms with Crippen molar-refractivity contribution in [2.75, 3.05) is 0 Å². The molecule has 0 saturated heterocycles. The minimum absolute atomic E-state index is 1.74. The second kappa shape index (κ2) is 4.86. The molecule has 34 valence electrons. The summed E-state index contributed by atoms with van der Waals surface area (Å²) in [6.45, 7) is 5.14. The monoisotopic (exact) mass is 90.0 g/mol. The Hall–Kier alpha value is -1.14. The molecule has 0 spiro atoms. The Balaban J connectivity index is 4.52. The van der Waals surface area contributed by atoms with Gasteiger partial charge in [-0.1, -0.05) is 11.5 Å². The Morgan fingerprint density at radius 3 is 2.57 bits per heavy atom. The van der Waals surface area contributed by atoms with Crippen LogP contribution in [0.4, 0.5) is 0 Å². The van der Waals surface area contributed by atoms with Crippen molar-refractivity contribution < 1.29 is 0 Å². The van der Waals surface area contributed by atoms with Crippen LogP contribution in [-0.2, 0) is 0 Å². The molecule has 0 radical (unpaired) electrons. The van der Waals surface area contributed by atoms with Crippen LogP contribution in [-0.4, -0.2) is 0 Å². The Labute approximate surface area is 43.5 Å². The van der Waals surface area contributed by atoms with E-state index in [9.17, 15) is 0 Å². The van der Waals surface area contributed by atoms with Crippen molar-refractivity contribution in [1.29, 1.82) is 0 Å². The van der Waals surface area contributed by atoms with Gasteiger partial charge in [0, 0.05) is 0 Å². The van der Waals surface area contributed by atoms with Gasteiger partial charge >= 0.3 is 0 Å². The van der Waals surface area contributed by atoms with Gasteiger partial charge < -0.3 is 0 Å². The number of rotatable bonds is 0. The molecule has 0 bridgehead atoms. The van der Waals surface area contributed by atoms with Crippen LogP contribution in [0.2, 0.25) is 0 Å². The quantitative estimate of drug-likeness (QED) is 0.398. The maximum absolute atomic E-state index is 3.28. The number of hydrogen-bond acceptors (Lipinski definition) is 0. The lowest BCUT2D eigenvalue weighted by Gasteiger charge is -1.42. The van der Waals surface area contributed by atoms with Crippen LogP contribution in [0.1, 0.15) is 6.92 Å². The molecular formula is C7H6. The van der Waals surface area contributed by atoms with Gasteiger partial charge in [0.25, 0.3) is 0 Å². The Bertz CT molecular complexity index is 174. The molecule has 0 unspecified atom stereocenters. The molecule has 0 rings (SSSR count). The molecule has 0 aromatic carbocycles. The fourth-order valence-electron chi connectivity index (χ4n) is 0.152. The average molecular weight is 90.1 g/mol. The van der Waals surface area contributed by atoms with Gasteiger partial charge in [-0.3, -0.25) is 0 Å².